The Morgan fingerprint density at radius 1 is 0.512 bits per heavy atom. The number of carbonyl (C=O) groups excluding carboxylic acids is 3. The molecule has 0 radical (unpaired) electrons. The van der Waals surface area contributed by atoms with Crippen molar-refractivity contribution in [1.82, 2.24) is 0 Å². The van der Waals surface area contributed by atoms with E-state index in [-0.39, 0.29) is 90.6 Å². The highest BCUT2D eigenvalue weighted by atomic mass is 16.6. The van der Waals surface area contributed by atoms with Crippen molar-refractivity contribution in [3.05, 3.63) is 0 Å². The fourth-order valence-electron chi connectivity index (χ4n) is 6.73. The van der Waals surface area contributed by atoms with E-state index in [2.05, 4.69) is 0 Å². The second-order valence-corrected chi connectivity index (χ2v) is 12.9. The van der Waals surface area contributed by atoms with Crippen LogP contribution in [0.2, 0.25) is 0 Å². The summed E-state index contributed by atoms with van der Waals surface area (Å²) in [6.07, 6.45) is 6.35. The lowest BCUT2D eigenvalue weighted by molar-refractivity contribution is -0.163. The van der Waals surface area contributed by atoms with E-state index >= 15 is 0 Å². The highest BCUT2D eigenvalue weighted by Gasteiger charge is 2.40. The zero-order chi connectivity index (χ0) is 29.7. The minimum atomic E-state index is -0.387. The molecule has 6 bridgehead atoms. The van der Waals surface area contributed by atoms with Crippen molar-refractivity contribution < 1.29 is 42.8 Å². The lowest BCUT2D eigenvalue weighted by atomic mass is 10.00. The van der Waals surface area contributed by atoms with Crippen molar-refractivity contribution in [1.29, 1.82) is 0 Å². The van der Waals surface area contributed by atoms with Gasteiger partial charge in [0, 0.05) is 19.3 Å². The Bertz CT molecular complexity index is 890. The molecule has 0 amide bonds. The lowest BCUT2D eigenvalue weighted by Crippen LogP contribution is -2.34. The molecule has 9 nitrogen and oxygen atoms in total. The first kappa shape index (κ1) is 32.2. The van der Waals surface area contributed by atoms with Gasteiger partial charge in [0.2, 0.25) is 0 Å². The number of hydrogen-bond acceptors (Lipinski definition) is 9. The van der Waals surface area contributed by atoms with Gasteiger partial charge in [-0.1, -0.05) is 13.8 Å². The lowest BCUT2D eigenvalue weighted by Gasteiger charge is -2.27. The van der Waals surface area contributed by atoms with E-state index in [1.54, 1.807) is 0 Å². The van der Waals surface area contributed by atoms with Crippen molar-refractivity contribution in [3.8, 4) is 0 Å². The van der Waals surface area contributed by atoms with E-state index < -0.39 is 0 Å². The molecule has 12 atom stereocenters. The van der Waals surface area contributed by atoms with Gasteiger partial charge in [0.1, 0.15) is 18.3 Å². The normalized spacial score (nSPS) is 43.6. The summed E-state index contributed by atoms with van der Waals surface area (Å²) in [7, 11) is 0. The van der Waals surface area contributed by atoms with Gasteiger partial charge >= 0.3 is 17.9 Å². The molecule has 0 saturated carbocycles. The molecule has 0 spiro atoms. The maximum Gasteiger partial charge on any atom is 0.311 e. The van der Waals surface area contributed by atoms with Crippen LogP contribution in [0, 0.1) is 17.8 Å². The standard InChI is InChI=1S/C32H52O9/c1-7-22-16-25-10-13-27(38-25)19(4)30(33)36-18(3)15-24-9-12-28(37-24)20(5)31(34)40-23(8-2)17-26-11-14-29(39-26)21(6)32(35)41-22/h18-29H,7-17H2,1-6H3/t18-,19+,20+,21+,22-,23-,24-,25-,26-,27+,28+,29+/m1/s1. The first-order chi connectivity index (χ1) is 19.6. The van der Waals surface area contributed by atoms with Crippen LogP contribution < -0.4 is 0 Å². The van der Waals surface area contributed by atoms with E-state index in [9.17, 15) is 14.4 Å². The predicted octanol–water partition coefficient (Wildman–Crippen LogP) is 5.30. The summed E-state index contributed by atoms with van der Waals surface area (Å²) in [5.74, 6) is -1.93. The SMILES string of the molecule is CC[C@@H]1C[C@H]2CC[C@H](O2)[C@H](C)C(=O)O[C@H](C)C[C@H]2CC[C@H](O2)[C@H](C)C(=O)O[C@H](CC)C[C@H]2CC[C@H](O2)[C@H](C)C(=O)O1. The molecule has 4 fully saturated rings. The van der Waals surface area contributed by atoms with E-state index in [4.69, 9.17) is 28.4 Å². The maximum absolute atomic E-state index is 13.1. The average molecular weight is 581 g/mol. The zero-order valence-electron chi connectivity index (χ0n) is 25.9. The number of cyclic esters (lactones) is 3. The fourth-order valence-corrected chi connectivity index (χ4v) is 6.73. The number of hydrogen-bond donors (Lipinski definition) is 0. The Balaban J connectivity index is 1.44. The quantitative estimate of drug-likeness (QED) is 0.318. The fraction of sp³-hybridized carbons (Fsp3) is 0.906. The summed E-state index contributed by atoms with van der Waals surface area (Å²) in [5, 5.41) is 0. The number of carbonyl (C=O) groups is 3. The van der Waals surface area contributed by atoms with Crippen LogP contribution >= 0.6 is 0 Å². The zero-order valence-corrected chi connectivity index (χ0v) is 25.9. The molecule has 4 saturated heterocycles. The second kappa shape index (κ2) is 14.6. The molecule has 0 aromatic carbocycles. The minimum absolute atomic E-state index is 0.0575. The van der Waals surface area contributed by atoms with Crippen molar-refractivity contribution >= 4 is 17.9 Å². The molecule has 234 valence electrons. The van der Waals surface area contributed by atoms with Gasteiger partial charge in [-0.05, 0) is 79.1 Å². The third kappa shape index (κ3) is 8.44. The molecular weight excluding hydrogens is 528 g/mol. The molecule has 0 aliphatic carbocycles. The predicted molar refractivity (Wildman–Crippen MR) is 151 cm³/mol. The van der Waals surface area contributed by atoms with E-state index in [0.29, 0.717) is 32.1 Å². The summed E-state index contributed by atoms with van der Waals surface area (Å²) in [4.78, 5) is 39.1. The van der Waals surface area contributed by atoms with Crippen LogP contribution in [0.4, 0.5) is 0 Å². The van der Waals surface area contributed by atoms with Crippen molar-refractivity contribution in [3.63, 3.8) is 0 Å². The summed E-state index contributed by atoms with van der Waals surface area (Å²) < 4.78 is 36.5. The summed E-state index contributed by atoms with van der Waals surface area (Å²) in [6, 6.07) is 0. The molecule has 0 aromatic heterocycles. The van der Waals surface area contributed by atoms with Crippen molar-refractivity contribution in [2.24, 2.45) is 17.8 Å². The van der Waals surface area contributed by atoms with Gasteiger partial charge in [0.15, 0.2) is 0 Å². The summed E-state index contributed by atoms with van der Waals surface area (Å²) in [5.41, 5.74) is 0. The molecule has 4 aliphatic heterocycles. The van der Waals surface area contributed by atoms with Crippen LogP contribution in [-0.4, -0.2) is 72.8 Å². The van der Waals surface area contributed by atoms with Crippen LogP contribution in [0.1, 0.15) is 112 Å². The van der Waals surface area contributed by atoms with E-state index in [1.165, 1.54) is 0 Å². The molecule has 0 unspecified atom stereocenters. The van der Waals surface area contributed by atoms with Crippen molar-refractivity contribution in [2.75, 3.05) is 0 Å². The van der Waals surface area contributed by atoms with E-state index in [1.807, 2.05) is 41.5 Å². The number of ether oxygens (including phenoxy) is 6. The molecular formula is C32H52O9. The maximum atomic E-state index is 13.1. The van der Waals surface area contributed by atoms with Gasteiger partial charge in [0.05, 0.1) is 54.4 Å². The Kier molecular flexibility index (Phi) is 11.5. The molecule has 4 heterocycles. The minimum Gasteiger partial charge on any atom is -0.462 e. The Morgan fingerprint density at radius 2 is 0.854 bits per heavy atom. The van der Waals surface area contributed by atoms with Gasteiger partial charge in [-0.3, -0.25) is 14.4 Å². The summed E-state index contributed by atoms with van der Waals surface area (Å²) in [6.45, 7) is 11.5. The molecule has 9 heteroatoms. The van der Waals surface area contributed by atoms with E-state index in [0.717, 1.165) is 38.5 Å². The highest BCUT2D eigenvalue weighted by Crippen LogP contribution is 2.34. The van der Waals surface area contributed by atoms with Crippen LogP contribution in [0.5, 0.6) is 0 Å². The molecule has 0 aromatic rings. The van der Waals surface area contributed by atoms with Gasteiger partial charge in [0.25, 0.3) is 0 Å². The van der Waals surface area contributed by atoms with Crippen LogP contribution in [0.15, 0.2) is 0 Å². The van der Waals surface area contributed by atoms with Crippen LogP contribution in [0.3, 0.4) is 0 Å². The first-order valence-corrected chi connectivity index (χ1v) is 16.2. The third-order valence-electron chi connectivity index (χ3n) is 9.65. The molecule has 0 N–H and O–H groups in total. The summed E-state index contributed by atoms with van der Waals surface area (Å²) >= 11 is 0. The Hall–Kier alpha value is -1.71. The molecule has 4 rings (SSSR count). The monoisotopic (exact) mass is 580 g/mol. The molecule has 41 heavy (non-hydrogen) atoms. The third-order valence-corrected chi connectivity index (χ3v) is 9.65. The largest absolute Gasteiger partial charge is 0.462 e. The first-order valence-electron chi connectivity index (χ1n) is 16.2. The second-order valence-electron chi connectivity index (χ2n) is 12.9. The van der Waals surface area contributed by atoms with Gasteiger partial charge in [-0.15, -0.1) is 0 Å². The van der Waals surface area contributed by atoms with Crippen LogP contribution in [0.25, 0.3) is 0 Å². The van der Waals surface area contributed by atoms with Gasteiger partial charge < -0.3 is 28.4 Å². The average Bonchev–Trinajstić information content (AvgIpc) is 3.72. The topological polar surface area (TPSA) is 107 Å². The number of rotatable bonds is 2. The Labute approximate surface area is 245 Å². The number of fused-ring (bicyclic) bond motifs is 6. The highest BCUT2D eigenvalue weighted by molar-refractivity contribution is 5.74. The Morgan fingerprint density at radius 3 is 1.22 bits per heavy atom. The number of esters is 3. The van der Waals surface area contributed by atoms with Gasteiger partial charge in [-0.25, -0.2) is 0 Å². The van der Waals surface area contributed by atoms with Crippen molar-refractivity contribution in [2.45, 2.75) is 167 Å². The molecule has 4 aliphatic rings. The van der Waals surface area contributed by atoms with Crippen LogP contribution in [-0.2, 0) is 42.8 Å². The van der Waals surface area contributed by atoms with Gasteiger partial charge in [-0.2, -0.15) is 0 Å². The smallest absolute Gasteiger partial charge is 0.311 e.